The quantitative estimate of drug-likeness (QED) is 0.307. The van der Waals surface area contributed by atoms with Crippen LogP contribution in [0.5, 0.6) is 11.5 Å². The van der Waals surface area contributed by atoms with Crippen LogP contribution in [0.4, 0.5) is 0 Å². The van der Waals surface area contributed by atoms with Crippen molar-refractivity contribution in [1.82, 2.24) is 10.2 Å². The summed E-state index contributed by atoms with van der Waals surface area (Å²) in [6, 6.07) is 21.0. The van der Waals surface area contributed by atoms with E-state index in [1.165, 1.54) is 0 Å². The number of ether oxygens (including phenoxy) is 2. The van der Waals surface area contributed by atoms with Gasteiger partial charge >= 0.3 is 0 Å². The van der Waals surface area contributed by atoms with Gasteiger partial charge in [0.25, 0.3) is 5.91 Å². The van der Waals surface area contributed by atoms with Crippen LogP contribution in [0, 0.1) is 0 Å². The second-order valence-corrected chi connectivity index (χ2v) is 9.57. The molecule has 0 radical (unpaired) electrons. The van der Waals surface area contributed by atoms with Gasteiger partial charge in [0.05, 0.1) is 17.2 Å². The number of nitrogens with one attached hydrogen (secondary N) is 1. The second-order valence-electron chi connectivity index (χ2n) is 8.76. The van der Waals surface area contributed by atoms with E-state index in [0.29, 0.717) is 28.0 Å². The number of halogens is 2. The molecular weight excluding hydrogens is 511 g/mol. The molecule has 0 aromatic heterocycles. The molecule has 0 heterocycles. The van der Waals surface area contributed by atoms with Crippen molar-refractivity contribution in [3.63, 3.8) is 0 Å². The molecule has 0 saturated heterocycles. The van der Waals surface area contributed by atoms with Crippen LogP contribution in [0.25, 0.3) is 0 Å². The maximum absolute atomic E-state index is 13.6. The number of hydrogen-bond acceptors (Lipinski definition) is 4. The van der Waals surface area contributed by atoms with E-state index in [2.05, 4.69) is 5.32 Å². The zero-order valence-electron chi connectivity index (χ0n) is 21.2. The Morgan fingerprint density at radius 2 is 1.59 bits per heavy atom. The smallest absolute Gasteiger partial charge is 0.261 e. The molecule has 2 atom stereocenters. The van der Waals surface area contributed by atoms with E-state index in [9.17, 15) is 9.59 Å². The molecule has 0 fully saturated rings. The highest BCUT2D eigenvalue weighted by Gasteiger charge is 2.31. The van der Waals surface area contributed by atoms with Crippen LogP contribution in [0.2, 0.25) is 10.0 Å². The van der Waals surface area contributed by atoms with Crippen LogP contribution >= 0.6 is 23.2 Å². The van der Waals surface area contributed by atoms with E-state index in [-0.39, 0.29) is 31.0 Å². The molecule has 3 aromatic rings. The lowest BCUT2D eigenvalue weighted by molar-refractivity contribution is -0.143. The Kier molecular flexibility index (Phi) is 10.7. The highest BCUT2D eigenvalue weighted by atomic mass is 35.5. The van der Waals surface area contributed by atoms with Crippen molar-refractivity contribution in [3.8, 4) is 11.5 Å². The number of hydrogen-bond donors (Lipinski definition) is 1. The van der Waals surface area contributed by atoms with Crippen molar-refractivity contribution < 1.29 is 19.1 Å². The molecule has 0 bridgehead atoms. The highest BCUT2D eigenvalue weighted by molar-refractivity contribution is 6.42. The van der Waals surface area contributed by atoms with Crippen LogP contribution in [0.1, 0.15) is 31.4 Å². The first-order valence-electron chi connectivity index (χ1n) is 12.1. The van der Waals surface area contributed by atoms with Gasteiger partial charge in [0, 0.05) is 19.0 Å². The van der Waals surface area contributed by atoms with E-state index in [1.807, 2.05) is 44.2 Å². The van der Waals surface area contributed by atoms with Gasteiger partial charge in [-0.15, -0.1) is 0 Å². The molecule has 8 heteroatoms. The number of amides is 2. The third kappa shape index (κ3) is 8.41. The fraction of sp³-hybridized carbons (Fsp3) is 0.310. The average molecular weight is 543 g/mol. The van der Waals surface area contributed by atoms with Crippen molar-refractivity contribution in [1.29, 1.82) is 0 Å². The third-order valence-corrected chi connectivity index (χ3v) is 6.77. The molecule has 6 nitrogen and oxygen atoms in total. The van der Waals surface area contributed by atoms with Crippen molar-refractivity contribution in [2.24, 2.45) is 0 Å². The predicted molar refractivity (Wildman–Crippen MR) is 147 cm³/mol. The fourth-order valence-corrected chi connectivity index (χ4v) is 4.05. The molecule has 37 heavy (non-hydrogen) atoms. The molecule has 0 unspecified atom stereocenters. The predicted octanol–water partition coefficient (Wildman–Crippen LogP) is 5.94. The van der Waals surface area contributed by atoms with E-state index < -0.39 is 6.04 Å². The molecule has 0 aliphatic heterocycles. The molecule has 3 rings (SSSR count). The normalized spacial score (nSPS) is 12.4. The van der Waals surface area contributed by atoms with Gasteiger partial charge in [-0.05, 0) is 60.9 Å². The maximum atomic E-state index is 13.6. The summed E-state index contributed by atoms with van der Waals surface area (Å²) in [5.41, 5.74) is 1.69. The van der Waals surface area contributed by atoms with E-state index in [1.54, 1.807) is 54.5 Å². The van der Waals surface area contributed by atoms with Crippen LogP contribution in [0.3, 0.4) is 0 Å². The topological polar surface area (TPSA) is 67.9 Å². The second kappa shape index (κ2) is 13.9. The van der Waals surface area contributed by atoms with Crippen LogP contribution in [-0.4, -0.2) is 42.5 Å². The number of nitrogens with zero attached hydrogens (tertiary/aromatic N) is 1. The molecular formula is C29H32Cl2N2O4. The minimum Gasteiger partial charge on any atom is -0.497 e. The van der Waals surface area contributed by atoms with Crippen LogP contribution < -0.4 is 14.8 Å². The van der Waals surface area contributed by atoms with Crippen molar-refractivity contribution in [2.45, 2.75) is 45.3 Å². The number of benzene rings is 3. The fourth-order valence-electron chi connectivity index (χ4n) is 3.73. The Bertz CT molecular complexity index is 1170. The molecule has 0 aliphatic rings. The first-order valence-corrected chi connectivity index (χ1v) is 12.9. The Labute approximate surface area is 228 Å². The third-order valence-electron chi connectivity index (χ3n) is 6.03. The Morgan fingerprint density at radius 1 is 0.919 bits per heavy atom. The van der Waals surface area contributed by atoms with Crippen molar-refractivity contribution in [3.05, 3.63) is 94.0 Å². The van der Waals surface area contributed by atoms with Gasteiger partial charge < -0.3 is 19.7 Å². The first-order chi connectivity index (χ1) is 17.8. The lowest BCUT2D eigenvalue weighted by Gasteiger charge is -2.32. The number of carbonyl (C=O) groups excluding carboxylic acids is 2. The molecule has 2 amide bonds. The average Bonchev–Trinajstić information content (AvgIpc) is 2.91. The number of rotatable bonds is 12. The largest absolute Gasteiger partial charge is 0.497 e. The Hall–Kier alpha value is -3.22. The summed E-state index contributed by atoms with van der Waals surface area (Å²) >= 11 is 12.4. The lowest BCUT2D eigenvalue weighted by atomic mass is 10.0. The first kappa shape index (κ1) is 28.4. The van der Waals surface area contributed by atoms with Gasteiger partial charge in [-0.3, -0.25) is 9.59 Å². The van der Waals surface area contributed by atoms with E-state index in [0.717, 1.165) is 17.5 Å². The standard InChI is InChI=1S/C29H32Cl2N2O4/c1-4-20(2)32-29(35)27(17-21-8-6-5-7-9-21)33(18-22-10-15-25(30)26(31)16-22)28(34)19-37-24-13-11-23(36-3)12-14-24/h5-16,20,27H,4,17-19H2,1-3H3,(H,32,35)/t20-,27-/m0/s1. The van der Waals surface area contributed by atoms with Crippen LogP contribution in [0.15, 0.2) is 72.8 Å². The maximum Gasteiger partial charge on any atom is 0.261 e. The minimum atomic E-state index is -0.766. The highest BCUT2D eigenvalue weighted by Crippen LogP contribution is 2.25. The monoisotopic (exact) mass is 542 g/mol. The Balaban J connectivity index is 1.91. The minimum absolute atomic E-state index is 0.0387. The molecule has 1 N–H and O–H groups in total. The van der Waals surface area contributed by atoms with Crippen molar-refractivity contribution in [2.75, 3.05) is 13.7 Å². The van der Waals surface area contributed by atoms with Gasteiger partial charge in [0.15, 0.2) is 6.61 Å². The molecule has 196 valence electrons. The van der Waals surface area contributed by atoms with Gasteiger partial charge in [-0.2, -0.15) is 0 Å². The van der Waals surface area contributed by atoms with E-state index in [4.69, 9.17) is 32.7 Å². The molecule has 0 spiro atoms. The summed E-state index contributed by atoms with van der Waals surface area (Å²) in [6.07, 6.45) is 1.11. The van der Waals surface area contributed by atoms with Crippen molar-refractivity contribution >= 4 is 35.0 Å². The summed E-state index contributed by atoms with van der Waals surface area (Å²) in [5, 5.41) is 3.84. The summed E-state index contributed by atoms with van der Waals surface area (Å²) in [4.78, 5) is 28.7. The summed E-state index contributed by atoms with van der Waals surface area (Å²) in [6.45, 7) is 3.86. The summed E-state index contributed by atoms with van der Waals surface area (Å²) < 4.78 is 11.0. The van der Waals surface area contributed by atoms with Gasteiger partial charge in [0.2, 0.25) is 5.91 Å². The molecule has 3 aromatic carbocycles. The zero-order valence-corrected chi connectivity index (χ0v) is 22.8. The van der Waals surface area contributed by atoms with Gasteiger partial charge in [-0.25, -0.2) is 0 Å². The SMILES string of the molecule is CC[C@H](C)NC(=O)[C@H](Cc1ccccc1)N(Cc1ccc(Cl)c(Cl)c1)C(=O)COc1ccc(OC)cc1. The zero-order chi connectivity index (χ0) is 26.8. The molecule has 0 aliphatic carbocycles. The number of methoxy groups -OCH3 is 1. The number of carbonyl (C=O) groups is 2. The summed E-state index contributed by atoms with van der Waals surface area (Å²) in [5.74, 6) is 0.648. The molecule has 0 saturated carbocycles. The van der Waals surface area contributed by atoms with Crippen LogP contribution in [-0.2, 0) is 22.6 Å². The Morgan fingerprint density at radius 3 is 2.22 bits per heavy atom. The lowest BCUT2D eigenvalue weighted by Crippen LogP contribution is -2.53. The summed E-state index contributed by atoms with van der Waals surface area (Å²) in [7, 11) is 1.58. The van der Waals surface area contributed by atoms with Gasteiger partial charge in [0.1, 0.15) is 17.5 Å². The van der Waals surface area contributed by atoms with Gasteiger partial charge in [-0.1, -0.05) is 66.5 Å². The van der Waals surface area contributed by atoms with E-state index >= 15 is 0 Å².